The normalized spacial score (nSPS) is 22.0. The van der Waals surface area contributed by atoms with E-state index < -0.39 is 23.8 Å². The molecule has 5 nitrogen and oxygen atoms in total. The minimum absolute atomic E-state index is 0.00740. The molecule has 1 aliphatic rings. The lowest BCUT2D eigenvalue weighted by Gasteiger charge is -2.28. The first-order valence-corrected chi connectivity index (χ1v) is 9.49. The number of rotatable bonds is 9. The standard InChI is InChI=1S/C20H30F2N2O3/c1-12(2)4-5-27-17-10-18(23-11-17)20(26)19(24-13(3)25)8-14-6-15(21)9-16(22)7-14/h6-7,9,12,17-20,23,26H,4-5,8,10-11H2,1-3H3,(H,24,25)/t17-,18-,19+,20-/m1/s1. The molecular weight excluding hydrogens is 354 g/mol. The number of hydrogen-bond donors (Lipinski definition) is 3. The highest BCUT2D eigenvalue weighted by Crippen LogP contribution is 2.19. The molecule has 0 aromatic heterocycles. The maximum absolute atomic E-state index is 13.5. The van der Waals surface area contributed by atoms with E-state index in [0.29, 0.717) is 31.1 Å². The number of benzene rings is 1. The fourth-order valence-electron chi connectivity index (χ4n) is 3.37. The molecule has 152 valence electrons. The van der Waals surface area contributed by atoms with Crippen LogP contribution < -0.4 is 10.6 Å². The lowest BCUT2D eigenvalue weighted by Crippen LogP contribution is -2.51. The molecule has 4 atom stereocenters. The smallest absolute Gasteiger partial charge is 0.217 e. The van der Waals surface area contributed by atoms with E-state index in [0.717, 1.165) is 12.5 Å². The van der Waals surface area contributed by atoms with Gasteiger partial charge in [-0.15, -0.1) is 0 Å². The lowest BCUT2D eigenvalue weighted by atomic mass is 9.95. The Labute approximate surface area is 159 Å². The van der Waals surface area contributed by atoms with E-state index in [2.05, 4.69) is 24.5 Å². The average molecular weight is 384 g/mol. The summed E-state index contributed by atoms with van der Waals surface area (Å²) in [4.78, 5) is 11.6. The molecule has 1 aromatic carbocycles. The lowest BCUT2D eigenvalue weighted by molar-refractivity contribution is -0.120. The molecule has 0 aliphatic carbocycles. The van der Waals surface area contributed by atoms with Crippen molar-refractivity contribution in [2.75, 3.05) is 13.2 Å². The van der Waals surface area contributed by atoms with Crippen LogP contribution >= 0.6 is 0 Å². The van der Waals surface area contributed by atoms with Gasteiger partial charge in [0, 0.05) is 32.2 Å². The number of halogens is 2. The Hall–Kier alpha value is -1.57. The number of amides is 1. The number of carbonyl (C=O) groups excluding carboxylic acids is 1. The number of aliphatic hydroxyl groups is 1. The van der Waals surface area contributed by atoms with Crippen molar-refractivity contribution >= 4 is 5.91 Å². The van der Waals surface area contributed by atoms with Crippen molar-refractivity contribution in [3.8, 4) is 0 Å². The van der Waals surface area contributed by atoms with Gasteiger partial charge >= 0.3 is 0 Å². The van der Waals surface area contributed by atoms with E-state index in [-0.39, 0.29) is 24.5 Å². The summed E-state index contributed by atoms with van der Waals surface area (Å²) in [6.07, 6.45) is 0.829. The zero-order valence-electron chi connectivity index (χ0n) is 16.2. The quantitative estimate of drug-likeness (QED) is 0.610. The van der Waals surface area contributed by atoms with Gasteiger partial charge in [0.25, 0.3) is 0 Å². The number of hydrogen-bond acceptors (Lipinski definition) is 4. The van der Waals surface area contributed by atoms with Crippen LogP contribution in [0, 0.1) is 17.6 Å². The second kappa shape index (κ2) is 10.1. The molecule has 1 amide bonds. The van der Waals surface area contributed by atoms with Gasteiger partial charge in [-0.3, -0.25) is 4.79 Å². The van der Waals surface area contributed by atoms with Crippen LogP contribution in [0.15, 0.2) is 18.2 Å². The number of aliphatic hydroxyl groups excluding tert-OH is 1. The Kier molecular flexibility index (Phi) is 8.13. The largest absolute Gasteiger partial charge is 0.389 e. The predicted molar refractivity (Wildman–Crippen MR) is 99.3 cm³/mol. The molecule has 0 spiro atoms. The third kappa shape index (κ3) is 7.16. The molecule has 0 radical (unpaired) electrons. The van der Waals surface area contributed by atoms with Crippen LogP contribution in [0.5, 0.6) is 0 Å². The molecule has 27 heavy (non-hydrogen) atoms. The summed E-state index contributed by atoms with van der Waals surface area (Å²) < 4.78 is 32.7. The van der Waals surface area contributed by atoms with E-state index in [1.165, 1.54) is 19.1 Å². The molecule has 1 aliphatic heterocycles. The summed E-state index contributed by atoms with van der Waals surface area (Å²) in [5.41, 5.74) is 0.382. The van der Waals surface area contributed by atoms with Gasteiger partial charge in [-0.1, -0.05) is 13.8 Å². The van der Waals surface area contributed by atoms with Crippen molar-refractivity contribution in [2.24, 2.45) is 5.92 Å². The van der Waals surface area contributed by atoms with Crippen molar-refractivity contribution in [1.82, 2.24) is 10.6 Å². The van der Waals surface area contributed by atoms with Crippen LogP contribution in [-0.2, 0) is 16.0 Å². The van der Waals surface area contributed by atoms with E-state index in [1.54, 1.807) is 0 Å². The van der Waals surface area contributed by atoms with E-state index >= 15 is 0 Å². The van der Waals surface area contributed by atoms with E-state index in [1.807, 2.05) is 0 Å². The third-order valence-corrected chi connectivity index (χ3v) is 4.76. The number of carbonyl (C=O) groups is 1. The van der Waals surface area contributed by atoms with Crippen molar-refractivity contribution in [2.45, 2.75) is 64.3 Å². The summed E-state index contributed by atoms with van der Waals surface area (Å²) >= 11 is 0. The molecular formula is C20H30F2N2O3. The average Bonchev–Trinajstić information content (AvgIpc) is 3.00. The minimum atomic E-state index is -0.904. The van der Waals surface area contributed by atoms with Crippen molar-refractivity contribution in [3.63, 3.8) is 0 Å². The van der Waals surface area contributed by atoms with E-state index in [4.69, 9.17) is 4.74 Å². The van der Waals surface area contributed by atoms with Crippen LogP contribution in [0.25, 0.3) is 0 Å². The first-order valence-electron chi connectivity index (χ1n) is 9.49. The van der Waals surface area contributed by atoms with Crippen molar-refractivity contribution in [3.05, 3.63) is 35.4 Å². The molecule has 1 saturated heterocycles. The molecule has 1 heterocycles. The third-order valence-electron chi connectivity index (χ3n) is 4.76. The SMILES string of the molecule is CC(=O)N[C@@H](Cc1cc(F)cc(F)c1)[C@H](O)[C@H]1C[C@@H](OCCC(C)C)CN1. The summed E-state index contributed by atoms with van der Waals surface area (Å²) in [6.45, 7) is 6.92. The highest BCUT2D eigenvalue weighted by atomic mass is 19.1. The van der Waals surface area contributed by atoms with Crippen LogP contribution in [0.1, 0.15) is 39.2 Å². The second-order valence-electron chi connectivity index (χ2n) is 7.71. The summed E-state index contributed by atoms with van der Waals surface area (Å²) in [5, 5.41) is 16.7. The van der Waals surface area contributed by atoms with Gasteiger partial charge in [0.15, 0.2) is 0 Å². The van der Waals surface area contributed by atoms with Gasteiger partial charge < -0.3 is 20.5 Å². The van der Waals surface area contributed by atoms with Crippen LogP contribution in [0.4, 0.5) is 8.78 Å². The maximum Gasteiger partial charge on any atom is 0.217 e. The van der Waals surface area contributed by atoms with Crippen LogP contribution in [-0.4, -0.2) is 48.5 Å². The predicted octanol–water partition coefficient (Wildman–Crippen LogP) is 2.17. The highest BCUT2D eigenvalue weighted by molar-refractivity contribution is 5.73. The van der Waals surface area contributed by atoms with Crippen LogP contribution in [0.2, 0.25) is 0 Å². The maximum atomic E-state index is 13.5. The molecule has 0 bridgehead atoms. The molecule has 1 aromatic rings. The summed E-state index contributed by atoms with van der Waals surface area (Å²) in [7, 11) is 0. The molecule has 0 unspecified atom stereocenters. The second-order valence-corrected chi connectivity index (χ2v) is 7.71. The Morgan fingerprint density at radius 1 is 1.33 bits per heavy atom. The Balaban J connectivity index is 1.98. The van der Waals surface area contributed by atoms with Gasteiger partial charge in [-0.25, -0.2) is 8.78 Å². The Bertz CT molecular complexity index is 607. The van der Waals surface area contributed by atoms with E-state index in [9.17, 15) is 18.7 Å². The first kappa shape index (κ1) is 21.7. The van der Waals surface area contributed by atoms with Crippen molar-refractivity contribution in [1.29, 1.82) is 0 Å². The van der Waals surface area contributed by atoms with Crippen molar-refractivity contribution < 1.29 is 23.4 Å². The monoisotopic (exact) mass is 384 g/mol. The van der Waals surface area contributed by atoms with Gasteiger partial charge in [-0.2, -0.15) is 0 Å². The first-order chi connectivity index (χ1) is 12.7. The fourth-order valence-corrected chi connectivity index (χ4v) is 3.37. The Morgan fingerprint density at radius 2 is 2.00 bits per heavy atom. The molecule has 1 fully saturated rings. The van der Waals surface area contributed by atoms with Gasteiger partial charge in [0.2, 0.25) is 5.91 Å². The molecule has 3 N–H and O–H groups in total. The summed E-state index contributed by atoms with van der Waals surface area (Å²) in [5.74, 6) is -1.10. The van der Waals surface area contributed by atoms with Crippen LogP contribution in [0.3, 0.4) is 0 Å². The molecule has 0 saturated carbocycles. The summed E-state index contributed by atoms with van der Waals surface area (Å²) in [6, 6.07) is 2.31. The molecule has 2 rings (SSSR count). The number of nitrogens with one attached hydrogen (secondary N) is 2. The van der Waals surface area contributed by atoms with Gasteiger partial charge in [0.1, 0.15) is 11.6 Å². The zero-order valence-corrected chi connectivity index (χ0v) is 16.2. The van der Waals surface area contributed by atoms with Gasteiger partial charge in [0.05, 0.1) is 18.2 Å². The Morgan fingerprint density at radius 3 is 2.59 bits per heavy atom. The zero-order chi connectivity index (χ0) is 20.0. The molecule has 7 heteroatoms. The number of ether oxygens (including phenoxy) is 1. The topological polar surface area (TPSA) is 70.6 Å². The van der Waals surface area contributed by atoms with Gasteiger partial charge in [-0.05, 0) is 42.9 Å². The highest BCUT2D eigenvalue weighted by Gasteiger charge is 2.35. The minimum Gasteiger partial charge on any atom is -0.389 e. The fraction of sp³-hybridized carbons (Fsp3) is 0.650.